The Morgan fingerprint density at radius 2 is 1.95 bits per heavy atom. The Hall–Kier alpha value is -2.95. The van der Waals surface area contributed by atoms with Gasteiger partial charge in [0.2, 0.25) is 0 Å². The molecular formula is C17H14N2O3. The van der Waals surface area contributed by atoms with Crippen LogP contribution in [0.1, 0.15) is 22.8 Å². The van der Waals surface area contributed by atoms with Crippen LogP contribution in [-0.4, -0.2) is 29.2 Å². The topological polar surface area (TPSA) is 70.0 Å². The fourth-order valence-corrected chi connectivity index (χ4v) is 2.52. The molecule has 3 rings (SSSR count). The van der Waals surface area contributed by atoms with E-state index in [0.717, 1.165) is 11.3 Å². The van der Waals surface area contributed by atoms with Crippen molar-refractivity contribution in [1.82, 2.24) is 0 Å². The highest BCUT2D eigenvalue weighted by atomic mass is 16.4. The molecule has 110 valence electrons. The van der Waals surface area contributed by atoms with Crippen molar-refractivity contribution in [1.29, 1.82) is 0 Å². The zero-order valence-electron chi connectivity index (χ0n) is 12.0. The maximum absolute atomic E-state index is 12.5. The highest BCUT2D eigenvalue weighted by Crippen LogP contribution is 2.30. The van der Waals surface area contributed by atoms with Gasteiger partial charge in [-0.05, 0) is 31.2 Å². The summed E-state index contributed by atoms with van der Waals surface area (Å²) in [6.07, 6.45) is 0. The smallest absolute Gasteiger partial charge is 0.335 e. The SMILES string of the molecule is CCN1C(=O)C(=Nc2cccc(C(=O)O)c2)c2ccccc21. The molecule has 0 atom stereocenters. The number of aliphatic imine (C=N–C) groups is 1. The van der Waals surface area contributed by atoms with E-state index in [1.165, 1.54) is 12.1 Å². The number of anilines is 1. The van der Waals surface area contributed by atoms with Crippen LogP contribution in [0.15, 0.2) is 53.5 Å². The molecule has 1 aliphatic rings. The molecule has 0 bridgehead atoms. The van der Waals surface area contributed by atoms with Crippen LogP contribution in [0, 0.1) is 0 Å². The zero-order chi connectivity index (χ0) is 15.7. The van der Waals surface area contributed by atoms with Crippen LogP contribution >= 0.6 is 0 Å². The summed E-state index contributed by atoms with van der Waals surface area (Å²) in [6, 6.07) is 13.7. The summed E-state index contributed by atoms with van der Waals surface area (Å²) in [5.74, 6) is -1.18. The summed E-state index contributed by atoms with van der Waals surface area (Å²) in [7, 11) is 0. The van der Waals surface area contributed by atoms with Crippen LogP contribution in [0.2, 0.25) is 0 Å². The summed E-state index contributed by atoms with van der Waals surface area (Å²) in [4.78, 5) is 29.6. The molecule has 0 aromatic heterocycles. The first-order valence-electron chi connectivity index (χ1n) is 6.95. The lowest BCUT2D eigenvalue weighted by atomic mass is 10.1. The summed E-state index contributed by atoms with van der Waals surface area (Å²) in [5, 5.41) is 9.04. The zero-order valence-corrected chi connectivity index (χ0v) is 12.0. The Bertz CT molecular complexity index is 796. The van der Waals surface area contributed by atoms with Crippen molar-refractivity contribution < 1.29 is 14.7 Å². The quantitative estimate of drug-likeness (QED) is 0.946. The van der Waals surface area contributed by atoms with Crippen molar-refractivity contribution in [2.24, 2.45) is 4.99 Å². The molecule has 0 spiro atoms. The van der Waals surface area contributed by atoms with E-state index in [-0.39, 0.29) is 11.5 Å². The van der Waals surface area contributed by atoms with Gasteiger partial charge >= 0.3 is 5.97 Å². The minimum atomic E-state index is -1.02. The van der Waals surface area contributed by atoms with E-state index in [9.17, 15) is 9.59 Å². The molecule has 0 saturated heterocycles. The summed E-state index contributed by atoms with van der Waals surface area (Å²) in [5.41, 5.74) is 2.56. The molecule has 0 unspecified atom stereocenters. The van der Waals surface area contributed by atoms with Crippen LogP contribution in [0.5, 0.6) is 0 Å². The highest BCUT2D eigenvalue weighted by Gasteiger charge is 2.32. The minimum absolute atomic E-state index is 0.146. The van der Waals surface area contributed by atoms with Gasteiger partial charge in [-0.25, -0.2) is 9.79 Å². The predicted molar refractivity (Wildman–Crippen MR) is 84.1 cm³/mol. The number of hydrogen-bond donors (Lipinski definition) is 1. The Balaban J connectivity index is 2.10. The fraction of sp³-hybridized carbons (Fsp3) is 0.118. The third-order valence-corrected chi connectivity index (χ3v) is 3.55. The number of amides is 1. The Morgan fingerprint density at radius 3 is 2.68 bits per heavy atom. The van der Waals surface area contributed by atoms with Gasteiger partial charge in [0, 0.05) is 12.1 Å². The number of hydrogen-bond acceptors (Lipinski definition) is 3. The van der Waals surface area contributed by atoms with Crippen LogP contribution in [-0.2, 0) is 4.79 Å². The normalized spacial score (nSPS) is 15.2. The molecule has 5 nitrogen and oxygen atoms in total. The molecule has 1 heterocycles. The Labute approximate surface area is 127 Å². The van der Waals surface area contributed by atoms with E-state index in [1.54, 1.807) is 17.0 Å². The van der Waals surface area contributed by atoms with Gasteiger partial charge < -0.3 is 10.0 Å². The van der Waals surface area contributed by atoms with Gasteiger partial charge in [-0.3, -0.25) is 4.79 Å². The van der Waals surface area contributed by atoms with Gasteiger partial charge in [-0.2, -0.15) is 0 Å². The van der Waals surface area contributed by atoms with Crippen LogP contribution in [0.25, 0.3) is 0 Å². The molecule has 2 aromatic rings. The molecular weight excluding hydrogens is 280 g/mol. The van der Waals surface area contributed by atoms with Crippen LogP contribution < -0.4 is 4.90 Å². The first kappa shape index (κ1) is 14.0. The maximum atomic E-state index is 12.5. The minimum Gasteiger partial charge on any atom is -0.478 e. The van der Waals surface area contributed by atoms with Gasteiger partial charge in [-0.1, -0.05) is 24.3 Å². The van der Waals surface area contributed by atoms with Crippen molar-refractivity contribution in [2.75, 3.05) is 11.4 Å². The summed E-state index contributed by atoms with van der Waals surface area (Å²) < 4.78 is 0. The maximum Gasteiger partial charge on any atom is 0.335 e. The van der Waals surface area contributed by atoms with Crippen molar-refractivity contribution in [2.45, 2.75) is 6.92 Å². The number of rotatable bonds is 3. The lowest BCUT2D eigenvalue weighted by Gasteiger charge is -2.12. The van der Waals surface area contributed by atoms with Crippen molar-refractivity contribution in [3.63, 3.8) is 0 Å². The molecule has 1 N–H and O–H groups in total. The number of fused-ring (bicyclic) bond motifs is 1. The monoisotopic (exact) mass is 294 g/mol. The van der Waals surface area contributed by atoms with Gasteiger partial charge in [0.05, 0.1) is 16.9 Å². The molecule has 22 heavy (non-hydrogen) atoms. The fourth-order valence-electron chi connectivity index (χ4n) is 2.52. The number of para-hydroxylation sites is 1. The lowest BCUT2D eigenvalue weighted by Crippen LogP contribution is -2.29. The van der Waals surface area contributed by atoms with Crippen molar-refractivity contribution in [3.8, 4) is 0 Å². The first-order valence-corrected chi connectivity index (χ1v) is 6.95. The number of carbonyl (C=O) groups is 2. The highest BCUT2D eigenvalue weighted by molar-refractivity contribution is 6.54. The second-order valence-electron chi connectivity index (χ2n) is 4.88. The second-order valence-corrected chi connectivity index (χ2v) is 4.88. The van der Waals surface area contributed by atoms with E-state index in [2.05, 4.69) is 4.99 Å². The number of nitrogens with zero attached hydrogens (tertiary/aromatic N) is 2. The summed E-state index contributed by atoms with van der Waals surface area (Å²) >= 11 is 0. The van der Waals surface area contributed by atoms with Gasteiger partial charge in [0.15, 0.2) is 0 Å². The van der Waals surface area contributed by atoms with Gasteiger partial charge in [-0.15, -0.1) is 0 Å². The number of benzene rings is 2. The molecule has 2 aromatic carbocycles. The number of carboxylic acid groups (broad SMARTS) is 1. The predicted octanol–water partition coefficient (Wildman–Crippen LogP) is 2.87. The molecule has 0 aliphatic carbocycles. The molecule has 0 fully saturated rings. The Kier molecular flexibility index (Phi) is 3.47. The number of carboxylic acids is 1. The van der Waals surface area contributed by atoms with E-state index >= 15 is 0 Å². The van der Waals surface area contributed by atoms with E-state index in [4.69, 9.17) is 5.11 Å². The molecule has 1 aliphatic heterocycles. The number of carbonyl (C=O) groups excluding carboxylic acids is 1. The van der Waals surface area contributed by atoms with Gasteiger partial charge in [0.1, 0.15) is 5.71 Å². The molecule has 0 saturated carbocycles. The summed E-state index contributed by atoms with van der Waals surface area (Å²) in [6.45, 7) is 2.46. The van der Waals surface area contributed by atoms with Crippen molar-refractivity contribution >= 4 is 29.0 Å². The average molecular weight is 294 g/mol. The van der Waals surface area contributed by atoms with Crippen LogP contribution in [0.4, 0.5) is 11.4 Å². The lowest BCUT2D eigenvalue weighted by molar-refractivity contribution is -0.112. The third kappa shape index (κ3) is 2.26. The molecule has 1 amide bonds. The van der Waals surface area contributed by atoms with E-state index < -0.39 is 5.97 Å². The standard InChI is InChI=1S/C17H14N2O3/c1-2-19-14-9-4-3-8-13(14)15(16(19)20)18-12-7-5-6-11(10-12)17(21)22/h3-10H,2H2,1H3,(H,21,22). The number of likely N-dealkylation sites (N-methyl/N-ethyl adjacent to an activating group) is 1. The third-order valence-electron chi connectivity index (χ3n) is 3.55. The average Bonchev–Trinajstić information content (AvgIpc) is 2.80. The van der Waals surface area contributed by atoms with Crippen LogP contribution in [0.3, 0.4) is 0 Å². The number of aromatic carboxylic acids is 1. The van der Waals surface area contributed by atoms with Gasteiger partial charge in [0.25, 0.3) is 5.91 Å². The Morgan fingerprint density at radius 1 is 1.18 bits per heavy atom. The van der Waals surface area contributed by atoms with E-state index in [1.807, 2.05) is 31.2 Å². The van der Waals surface area contributed by atoms with Crippen molar-refractivity contribution in [3.05, 3.63) is 59.7 Å². The molecule has 5 heteroatoms. The first-order chi connectivity index (χ1) is 10.6. The second kappa shape index (κ2) is 5.44. The van der Waals surface area contributed by atoms with E-state index in [0.29, 0.717) is 17.9 Å². The molecule has 0 radical (unpaired) electrons. The largest absolute Gasteiger partial charge is 0.478 e.